The van der Waals surface area contributed by atoms with Crippen LogP contribution in [0, 0.1) is 0 Å². The fourth-order valence-corrected chi connectivity index (χ4v) is 3.44. The highest BCUT2D eigenvalue weighted by atomic mass is 16.5. The van der Waals surface area contributed by atoms with Crippen LogP contribution in [0.1, 0.15) is 11.1 Å². The number of anilines is 2. The molecule has 4 aromatic rings. The van der Waals surface area contributed by atoms with Crippen LogP contribution in [0.5, 0.6) is 5.75 Å². The van der Waals surface area contributed by atoms with Crippen molar-refractivity contribution in [3.05, 3.63) is 72.2 Å². The standard InChI is InChI=1S/C23H21N5O2/c1-29-10-11-30-20-6-4-19(5-7-20)26-22-23-25-8-9-28(23)15-21(27-22)16-2-3-17-13-24-14-18(17)12-16/h2-9,12-13,15H,10-11,14H2,1H3,(H,26,27). The minimum atomic E-state index is 0.521. The van der Waals surface area contributed by atoms with E-state index in [1.165, 1.54) is 11.1 Å². The Bertz CT molecular complexity index is 1210. The Morgan fingerprint density at radius 1 is 1.10 bits per heavy atom. The number of nitrogens with one attached hydrogen (secondary N) is 1. The summed E-state index contributed by atoms with van der Waals surface area (Å²) in [6.07, 6.45) is 7.61. The van der Waals surface area contributed by atoms with Gasteiger partial charge in [-0.25, -0.2) is 9.97 Å². The molecule has 2 aromatic heterocycles. The first kappa shape index (κ1) is 18.3. The average molecular weight is 399 g/mol. The van der Waals surface area contributed by atoms with Crippen molar-refractivity contribution in [2.24, 2.45) is 4.99 Å². The topological polar surface area (TPSA) is 73.0 Å². The summed E-state index contributed by atoms with van der Waals surface area (Å²) in [4.78, 5) is 13.7. The summed E-state index contributed by atoms with van der Waals surface area (Å²) >= 11 is 0. The molecule has 0 amide bonds. The zero-order valence-electron chi connectivity index (χ0n) is 16.6. The smallest absolute Gasteiger partial charge is 0.180 e. The van der Waals surface area contributed by atoms with Gasteiger partial charge in [0.1, 0.15) is 12.4 Å². The van der Waals surface area contributed by atoms with Crippen molar-refractivity contribution >= 4 is 23.4 Å². The Balaban J connectivity index is 1.44. The third kappa shape index (κ3) is 3.62. The number of hydrogen-bond donors (Lipinski definition) is 1. The molecule has 0 spiro atoms. The second-order valence-electron chi connectivity index (χ2n) is 7.01. The molecule has 3 heterocycles. The van der Waals surface area contributed by atoms with Gasteiger partial charge in [-0.05, 0) is 41.5 Å². The Hall–Kier alpha value is -3.71. The summed E-state index contributed by atoms with van der Waals surface area (Å²) in [7, 11) is 1.66. The van der Waals surface area contributed by atoms with Gasteiger partial charge in [-0.1, -0.05) is 12.1 Å². The molecule has 150 valence electrons. The van der Waals surface area contributed by atoms with Gasteiger partial charge >= 0.3 is 0 Å². The maximum absolute atomic E-state index is 5.63. The number of aliphatic imine (C=N–C) groups is 1. The Labute approximate surface area is 174 Å². The summed E-state index contributed by atoms with van der Waals surface area (Å²) in [5.41, 5.74) is 6.00. The third-order valence-corrected chi connectivity index (χ3v) is 4.98. The third-order valence-electron chi connectivity index (χ3n) is 4.98. The lowest BCUT2D eigenvalue weighted by Gasteiger charge is -2.11. The summed E-state index contributed by atoms with van der Waals surface area (Å²) in [6.45, 7) is 1.80. The SMILES string of the molecule is COCCOc1ccc(Nc2nc(-c3ccc4c(c3)CN=C4)cn3ccnc23)cc1. The van der Waals surface area contributed by atoms with Crippen molar-refractivity contribution in [3.8, 4) is 17.0 Å². The van der Waals surface area contributed by atoms with Crippen LogP contribution in [-0.2, 0) is 11.3 Å². The first-order valence-corrected chi connectivity index (χ1v) is 9.76. The number of rotatable bonds is 7. The second kappa shape index (κ2) is 7.96. The number of nitrogens with zero attached hydrogens (tertiary/aromatic N) is 4. The number of fused-ring (bicyclic) bond motifs is 2. The number of aromatic nitrogens is 3. The monoisotopic (exact) mass is 399 g/mol. The predicted molar refractivity (Wildman–Crippen MR) is 117 cm³/mol. The highest BCUT2D eigenvalue weighted by molar-refractivity contribution is 5.86. The van der Waals surface area contributed by atoms with E-state index in [0.717, 1.165) is 34.9 Å². The van der Waals surface area contributed by atoms with E-state index in [1.54, 1.807) is 13.3 Å². The van der Waals surface area contributed by atoms with E-state index in [9.17, 15) is 0 Å². The van der Waals surface area contributed by atoms with E-state index < -0.39 is 0 Å². The van der Waals surface area contributed by atoms with Gasteiger partial charge in [0, 0.05) is 43.2 Å². The normalized spacial score (nSPS) is 12.3. The van der Waals surface area contributed by atoms with Gasteiger partial charge in [-0.3, -0.25) is 4.99 Å². The lowest BCUT2D eigenvalue weighted by atomic mass is 10.0. The summed E-state index contributed by atoms with van der Waals surface area (Å²) in [5, 5.41) is 3.39. The van der Waals surface area contributed by atoms with Crippen LogP contribution in [0.25, 0.3) is 16.9 Å². The maximum Gasteiger partial charge on any atom is 0.180 e. The molecule has 0 fully saturated rings. The van der Waals surface area contributed by atoms with E-state index in [-0.39, 0.29) is 0 Å². The fraction of sp³-hybridized carbons (Fsp3) is 0.174. The van der Waals surface area contributed by atoms with Gasteiger partial charge in [0.25, 0.3) is 0 Å². The molecule has 2 aromatic carbocycles. The first-order valence-electron chi connectivity index (χ1n) is 9.76. The minimum Gasteiger partial charge on any atom is -0.491 e. The number of ether oxygens (including phenoxy) is 2. The van der Waals surface area contributed by atoms with E-state index in [4.69, 9.17) is 14.5 Å². The Morgan fingerprint density at radius 2 is 2.00 bits per heavy atom. The van der Waals surface area contributed by atoms with Crippen molar-refractivity contribution in [2.75, 3.05) is 25.6 Å². The number of imidazole rings is 1. The first-order chi connectivity index (χ1) is 14.8. The van der Waals surface area contributed by atoms with Gasteiger partial charge in [-0.2, -0.15) is 0 Å². The molecule has 1 aliphatic heterocycles. The molecule has 30 heavy (non-hydrogen) atoms. The zero-order valence-corrected chi connectivity index (χ0v) is 16.6. The van der Waals surface area contributed by atoms with E-state index >= 15 is 0 Å². The number of methoxy groups -OCH3 is 1. The van der Waals surface area contributed by atoms with Crippen molar-refractivity contribution < 1.29 is 9.47 Å². The molecule has 7 heteroatoms. The van der Waals surface area contributed by atoms with Crippen molar-refractivity contribution in [1.82, 2.24) is 14.4 Å². The largest absolute Gasteiger partial charge is 0.491 e. The van der Waals surface area contributed by atoms with Crippen LogP contribution < -0.4 is 10.1 Å². The van der Waals surface area contributed by atoms with Crippen LogP contribution >= 0.6 is 0 Å². The highest BCUT2D eigenvalue weighted by Crippen LogP contribution is 2.27. The number of benzene rings is 2. The van der Waals surface area contributed by atoms with Crippen LogP contribution in [0.2, 0.25) is 0 Å². The van der Waals surface area contributed by atoms with Gasteiger partial charge in [0.05, 0.1) is 18.8 Å². The average Bonchev–Trinajstić information content (AvgIpc) is 3.44. The summed E-state index contributed by atoms with van der Waals surface area (Å²) in [5.74, 6) is 1.49. The van der Waals surface area contributed by atoms with Crippen molar-refractivity contribution in [2.45, 2.75) is 6.54 Å². The fourth-order valence-electron chi connectivity index (χ4n) is 3.44. The molecular weight excluding hydrogens is 378 g/mol. The molecule has 7 nitrogen and oxygen atoms in total. The van der Waals surface area contributed by atoms with Crippen molar-refractivity contribution in [1.29, 1.82) is 0 Å². The molecule has 0 saturated heterocycles. The van der Waals surface area contributed by atoms with Crippen molar-refractivity contribution in [3.63, 3.8) is 0 Å². The summed E-state index contributed by atoms with van der Waals surface area (Å²) in [6, 6.07) is 14.1. The quantitative estimate of drug-likeness (QED) is 0.474. The second-order valence-corrected chi connectivity index (χ2v) is 7.01. The molecule has 0 unspecified atom stereocenters. The Kier molecular flexibility index (Phi) is 4.86. The molecule has 0 radical (unpaired) electrons. The van der Waals surface area contributed by atoms with Gasteiger partial charge in [0.2, 0.25) is 0 Å². The molecule has 1 aliphatic rings. The van der Waals surface area contributed by atoms with E-state index in [0.29, 0.717) is 19.0 Å². The molecule has 1 N–H and O–H groups in total. The van der Waals surface area contributed by atoms with E-state index in [1.807, 2.05) is 47.3 Å². The molecule has 5 rings (SSSR count). The van der Waals surface area contributed by atoms with Crippen LogP contribution in [0.3, 0.4) is 0 Å². The summed E-state index contributed by atoms with van der Waals surface area (Å²) < 4.78 is 12.6. The highest BCUT2D eigenvalue weighted by Gasteiger charge is 2.12. The zero-order chi connectivity index (χ0) is 20.3. The van der Waals surface area contributed by atoms with Gasteiger partial charge in [-0.15, -0.1) is 0 Å². The van der Waals surface area contributed by atoms with E-state index in [2.05, 4.69) is 33.5 Å². The van der Waals surface area contributed by atoms with Gasteiger partial charge in [0.15, 0.2) is 11.5 Å². The molecular formula is C23H21N5O2. The number of hydrogen-bond acceptors (Lipinski definition) is 6. The Morgan fingerprint density at radius 3 is 2.87 bits per heavy atom. The predicted octanol–water partition coefficient (Wildman–Crippen LogP) is 4.10. The van der Waals surface area contributed by atoms with Gasteiger partial charge < -0.3 is 19.2 Å². The lowest BCUT2D eigenvalue weighted by molar-refractivity contribution is 0.146. The van der Waals surface area contributed by atoms with Crippen LogP contribution in [0.4, 0.5) is 11.5 Å². The maximum atomic E-state index is 5.63. The van der Waals surface area contributed by atoms with Crippen LogP contribution in [-0.4, -0.2) is 40.9 Å². The van der Waals surface area contributed by atoms with Crippen LogP contribution in [0.15, 0.2) is 66.0 Å². The molecule has 0 saturated carbocycles. The minimum absolute atomic E-state index is 0.521. The molecule has 0 bridgehead atoms. The molecule has 0 atom stereocenters. The lowest BCUT2D eigenvalue weighted by Crippen LogP contribution is -2.04. The molecule has 0 aliphatic carbocycles.